The lowest BCUT2D eigenvalue weighted by Crippen LogP contribution is -2.36. The average Bonchev–Trinajstić information content (AvgIpc) is 2.82. The third kappa shape index (κ3) is 2.49. The van der Waals surface area contributed by atoms with E-state index in [0.29, 0.717) is 12.5 Å². The molecule has 0 aliphatic carbocycles. The molecule has 4 heteroatoms. The van der Waals surface area contributed by atoms with Crippen molar-refractivity contribution in [1.82, 2.24) is 0 Å². The van der Waals surface area contributed by atoms with Crippen LogP contribution in [0.2, 0.25) is 0 Å². The molecule has 2 aromatic carbocycles. The summed E-state index contributed by atoms with van der Waals surface area (Å²) < 4.78 is 13.3. The first-order valence-corrected chi connectivity index (χ1v) is 6.98. The summed E-state index contributed by atoms with van der Waals surface area (Å²) in [5.74, 6) is 0.289. The van der Waals surface area contributed by atoms with Crippen molar-refractivity contribution in [2.24, 2.45) is 10.7 Å². The molecule has 0 aromatic heterocycles. The topological polar surface area (TPSA) is 41.6 Å². The summed E-state index contributed by atoms with van der Waals surface area (Å²) >= 11 is 0. The van der Waals surface area contributed by atoms with E-state index in [1.165, 1.54) is 11.6 Å². The van der Waals surface area contributed by atoms with Gasteiger partial charge >= 0.3 is 0 Å². The molecule has 0 spiro atoms. The summed E-state index contributed by atoms with van der Waals surface area (Å²) in [6.45, 7) is 4.55. The monoisotopic (exact) mass is 283 g/mol. The van der Waals surface area contributed by atoms with Crippen LogP contribution in [0.1, 0.15) is 22.7 Å². The van der Waals surface area contributed by atoms with Crippen molar-refractivity contribution < 1.29 is 4.39 Å². The number of nitrogens with two attached hydrogens (primary N) is 1. The van der Waals surface area contributed by atoms with Crippen LogP contribution in [-0.2, 0) is 0 Å². The Morgan fingerprint density at radius 2 is 1.86 bits per heavy atom. The molecule has 1 aliphatic rings. The van der Waals surface area contributed by atoms with E-state index in [1.54, 1.807) is 6.07 Å². The maximum atomic E-state index is 13.3. The van der Waals surface area contributed by atoms with E-state index < -0.39 is 0 Å². The minimum atomic E-state index is -0.218. The van der Waals surface area contributed by atoms with Crippen molar-refractivity contribution in [3.63, 3.8) is 0 Å². The van der Waals surface area contributed by atoms with E-state index in [2.05, 4.69) is 17.1 Å². The number of benzene rings is 2. The van der Waals surface area contributed by atoms with Gasteiger partial charge in [-0.2, -0.15) is 0 Å². The van der Waals surface area contributed by atoms with Crippen molar-refractivity contribution in [2.45, 2.75) is 19.9 Å². The fourth-order valence-electron chi connectivity index (χ4n) is 2.77. The molecule has 2 aromatic rings. The number of nitrogens with zero attached hydrogens (tertiary/aromatic N) is 2. The van der Waals surface area contributed by atoms with Crippen molar-refractivity contribution in [1.29, 1.82) is 0 Å². The second-order valence-corrected chi connectivity index (χ2v) is 5.42. The second kappa shape index (κ2) is 5.20. The Morgan fingerprint density at radius 3 is 2.52 bits per heavy atom. The molecule has 0 fully saturated rings. The highest BCUT2D eigenvalue weighted by molar-refractivity contribution is 5.97. The van der Waals surface area contributed by atoms with Crippen LogP contribution in [0.15, 0.2) is 47.5 Å². The largest absolute Gasteiger partial charge is 0.369 e. The molecule has 0 amide bonds. The van der Waals surface area contributed by atoms with Gasteiger partial charge in [-0.1, -0.05) is 23.8 Å². The van der Waals surface area contributed by atoms with Gasteiger partial charge in [0.15, 0.2) is 5.96 Å². The lowest BCUT2D eigenvalue weighted by molar-refractivity contribution is 0.623. The first-order valence-electron chi connectivity index (χ1n) is 6.98. The molecule has 1 heterocycles. The average molecular weight is 283 g/mol. The third-order valence-corrected chi connectivity index (χ3v) is 3.89. The van der Waals surface area contributed by atoms with Gasteiger partial charge in [0.25, 0.3) is 0 Å². The first kappa shape index (κ1) is 13.6. The zero-order valence-electron chi connectivity index (χ0n) is 12.2. The maximum absolute atomic E-state index is 13.3. The molecule has 1 aliphatic heterocycles. The maximum Gasteiger partial charge on any atom is 0.196 e. The standard InChI is InChI=1S/C17H18FN3/c1-11-3-6-14(7-4-11)21-16(10-20-17(21)19)15-8-5-13(18)9-12(15)2/h3-9,16H,10H2,1-2H3,(H2,19,20). The van der Waals surface area contributed by atoms with E-state index in [9.17, 15) is 4.39 Å². The molecular weight excluding hydrogens is 265 g/mol. The van der Waals surface area contributed by atoms with Gasteiger partial charge in [0.05, 0.1) is 12.6 Å². The lowest BCUT2D eigenvalue weighted by Gasteiger charge is -2.27. The van der Waals surface area contributed by atoms with Gasteiger partial charge in [0.1, 0.15) is 5.82 Å². The Kier molecular flexibility index (Phi) is 3.37. The summed E-state index contributed by atoms with van der Waals surface area (Å²) in [4.78, 5) is 6.38. The van der Waals surface area contributed by atoms with Crippen molar-refractivity contribution in [3.05, 3.63) is 65.0 Å². The van der Waals surface area contributed by atoms with Crippen LogP contribution in [0, 0.1) is 19.7 Å². The fourth-order valence-corrected chi connectivity index (χ4v) is 2.77. The van der Waals surface area contributed by atoms with Crippen LogP contribution in [0.25, 0.3) is 0 Å². The Labute approximate surface area is 123 Å². The molecule has 0 radical (unpaired) electrons. The highest BCUT2D eigenvalue weighted by Crippen LogP contribution is 2.32. The number of anilines is 1. The highest BCUT2D eigenvalue weighted by atomic mass is 19.1. The lowest BCUT2D eigenvalue weighted by atomic mass is 10.00. The number of aliphatic imine (C=N–C) groups is 1. The van der Waals surface area contributed by atoms with E-state index in [4.69, 9.17) is 5.73 Å². The van der Waals surface area contributed by atoms with Crippen LogP contribution < -0.4 is 10.6 Å². The van der Waals surface area contributed by atoms with Crippen LogP contribution in [-0.4, -0.2) is 12.5 Å². The molecular formula is C17H18FN3. The van der Waals surface area contributed by atoms with Gasteiger partial charge in [-0.15, -0.1) is 0 Å². The van der Waals surface area contributed by atoms with E-state index in [-0.39, 0.29) is 11.9 Å². The van der Waals surface area contributed by atoms with Gasteiger partial charge < -0.3 is 10.6 Å². The molecule has 0 saturated carbocycles. The predicted octanol–water partition coefficient (Wildman–Crippen LogP) is 3.32. The molecule has 1 unspecified atom stereocenters. The first-order chi connectivity index (χ1) is 10.1. The van der Waals surface area contributed by atoms with Crippen LogP contribution in [0.3, 0.4) is 0 Å². The second-order valence-electron chi connectivity index (χ2n) is 5.42. The minimum absolute atomic E-state index is 0.0216. The molecule has 108 valence electrons. The SMILES string of the molecule is Cc1ccc(N2C(N)=NCC2c2ccc(F)cc2C)cc1. The fraction of sp³-hybridized carbons (Fsp3) is 0.235. The van der Waals surface area contributed by atoms with E-state index >= 15 is 0 Å². The number of rotatable bonds is 2. The van der Waals surface area contributed by atoms with Crippen molar-refractivity contribution in [3.8, 4) is 0 Å². The summed E-state index contributed by atoms with van der Waals surface area (Å²) in [6, 6.07) is 13.1. The number of hydrogen-bond donors (Lipinski definition) is 1. The molecule has 0 saturated heterocycles. The Balaban J connectivity index is 2.00. The zero-order chi connectivity index (χ0) is 15.0. The van der Waals surface area contributed by atoms with E-state index in [0.717, 1.165) is 16.8 Å². The molecule has 3 rings (SSSR count). The summed E-state index contributed by atoms with van der Waals surface area (Å²) in [5, 5.41) is 0. The highest BCUT2D eigenvalue weighted by Gasteiger charge is 2.29. The summed E-state index contributed by atoms with van der Waals surface area (Å²) in [7, 11) is 0. The minimum Gasteiger partial charge on any atom is -0.369 e. The van der Waals surface area contributed by atoms with E-state index in [1.807, 2.05) is 36.9 Å². The predicted molar refractivity (Wildman–Crippen MR) is 84.0 cm³/mol. The Hall–Kier alpha value is -2.36. The van der Waals surface area contributed by atoms with Crippen molar-refractivity contribution in [2.75, 3.05) is 11.4 Å². The summed E-state index contributed by atoms with van der Waals surface area (Å²) in [5.41, 5.74) is 10.2. The van der Waals surface area contributed by atoms with Crippen LogP contribution >= 0.6 is 0 Å². The van der Waals surface area contributed by atoms with Crippen LogP contribution in [0.5, 0.6) is 0 Å². The summed E-state index contributed by atoms with van der Waals surface area (Å²) in [6.07, 6.45) is 0. The van der Waals surface area contributed by atoms with Gasteiger partial charge in [-0.25, -0.2) is 4.39 Å². The van der Waals surface area contributed by atoms with Gasteiger partial charge in [0, 0.05) is 5.69 Å². The third-order valence-electron chi connectivity index (χ3n) is 3.89. The molecule has 2 N–H and O–H groups in total. The molecule has 21 heavy (non-hydrogen) atoms. The molecule has 0 bridgehead atoms. The smallest absolute Gasteiger partial charge is 0.196 e. The number of aryl methyl sites for hydroxylation is 2. The molecule has 1 atom stereocenters. The van der Waals surface area contributed by atoms with Crippen LogP contribution in [0.4, 0.5) is 10.1 Å². The van der Waals surface area contributed by atoms with Crippen molar-refractivity contribution >= 4 is 11.6 Å². The number of hydrogen-bond acceptors (Lipinski definition) is 3. The normalized spacial score (nSPS) is 18.0. The van der Waals surface area contributed by atoms with Gasteiger partial charge in [-0.05, 0) is 49.2 Å². The zero-order valence-corrected chi connectivity index (χ0v) is 12.2. The molecule has 3 nitrogen and oxygen atoms in total. The van der Waals surface area contributed by atoms with Gasteiger partial charge in [-0.3, -0.25) is 4.99 Å². The Bertz CT molecular complexity index is 692. The Morgan fingerprint density at radius 1 is 1.14 bits per heavy atom. The quantitative estimate of drug-likeness (QED) is 0.918. The number of halogens is 1. The number of guanidine groups is 1. The van der Waals surface area contributed by atoms with Gasteiger partial charge in [0.2, 0.25) is 0 Å².